The molecule has 1 heterocycles. The van der Waals surface area contributed by atoms with Crippen molar-refractivity contribution in [3.8, 4) is 0 Å². The second-order valence-corrected chi connectivity index (χ2v) is 7.19. The fourth-order valence-electron chi connectivity index (χ4n) is 2.47. The summed E-state index contributed by atoms with van der Waals surface area (Å²) in [5.74, 6) is 1.62. The van der Waals surface area contributed by atoms with Crippen LogP contribution in [0.3, 0.4) is 0 Å². The molecule has 26 heavy (non-hydrogen) atoms. The Morgan fingerprint density at radius 1 is 1.19 bits per heavy atom. The van der Waals surface area contributed by atoms with E-state index >= 15 is 0 Å². The van der Waals surface area contributed by atoms with E-state index in [1.165, 1.54) is 11.8 Å². The van der Waals surface area contributed by atoms with Gasteiger partial charge in [0.25, 0.3) is 5.91 Å². The molecular weight excluding hydrogens is 370 g/mol. The van der Waals surface area contributed by atoms with Crippen molar-refractivity contribution in [2.45, 2.75) is 24.1 Å². The highest BCUT2D eigenvalue weighted by Gasteiger charge is 2.17. The molecule has 0 aliphatic heterocycles. The van der Waals surface area contributed by atoms with Crippen molar-refractivity contribution in [3.63, 3.8) is 0 Å². The van der Waals surface area contributed by atoms with E-state index in [4.69, 9.17) is 16.1 Å². The lowest BCUT2D eigenvalue weighted by Gasteiger charge is -2.19. The van der Waals surface area contributed by atoms with Crippen LogP contribution in [-0.4, -0.2) is 28.0 Å². The van der Waals surface area contributed by atoms with Crippen LogP contribution < -0.4 is 0 Å². The second kappa shape index (κ2) is 8.38. The molecule has 3 aromatic rings. The summed E-state index contributed by atoms with van der Waals surface area (Å²) in [6.45, 7) is 2.20. The molecule has 1 aromatic heterocycles. The lowest BCUT2D eigenvalue weighted by atomic mass is 10.1. The fourth-order valence-corrected chi connectivity index (χ4v) is 3.55. The van der Waals surface area contributed by atoms with Gasteiger partial charge in [-0.15, -0.1) is 11.8 Å². The van der Waals surface area contributed by atoms with Crippen molar-refractivity contribution < 1.29 is 9.32 Å². The summed E-state index contributed by atoms with van der Waals surface area (Å²) in [6.07, 6.45) is 0. The van der Waals surface area contributed by atoms with E-state index in [2.05, 4.69) is 10.1 Å². The van der Waals surface area contributed by atoms with Crippen molar-refractivity contribution >= 4 is 29.3 Å². The molecule has 0 aliphatic carbocycles. The number of carbonyl (C=O) groups is 1. The number of carbonyl (C=O) groups excluding carboxylic acids is 1. The third-order valence-electron chi connectivity index (χ3n) is 3.76. The van der Waals surface area contributed by atoms with Crippen molar-refractivity contribution in [1.29, 1.82) is 0 Å². The predicted molar refractivity (Wildman–Crippen MR) is 102 cm³/mol. The SMILES string of the molecule is Cc1nc(CSc2ccccc2C(=O)N(C)Cc2ccccc2Cl)no1. The largest absolute Gasteiger partial charge is 0.340 e. The van der Waals surface area contributed by atoms with Gasteiger partial charge in [-0.3, -0.25) is 4.79 Å². The molecule has 1 amide bonds. The first-order valence-electron chi connectivity index (χ1n) is 8.04. The van der Waals surface area contributed by atoms with Crippen LogP contribution in [0.2, 0.25) is 5.02 Å². The average Bonchev–Trinajstić information content (AvgIpc) is 3.07. The number of nitrogens with zero attached hydrogens (tertiary/aromatic N) is 3. The number of aromatic nitrogens is 2. The van der Waals surface area contributed by atoms with Gasteiger partial charge in [-0.2, -0.15) is 4.98 Å². The molecule has 0 N–H and O–H groups in total. The molecule has 0 spiro atoms. The highest BCUT2D eigenvalue weighted by Crippen LogP contribution is 2.27. The smallest absolute Gasteiger partial charge is 0.255 e. The lowest BCUT2D eigenvalue weighted by Crippen LogP contribution is -2.26. The van der Waals surface area contributed by atoms with Crippen molar-refractivity contribution in [2.24, 2.45) is 0 Å². The number of benzene rings is 2. The number of halogens is 1. The minimum absolute atomic E-state index is 0.0580. The lowest BCUT2D eigenvalue weighted by molar-refractivity contribution is 0.0781. The topological polar surface area (TPSA) is 59.2 Å². The van der Waals surface area contributed by atoms with Gasteiger partial charge >= 0.3 is 0 Å². The predicted octanol–water partition coefficient (Wildman–Crippen LogP) is 4.60. The van der Waals surface area contributed by atoms with Crippen LogP contribution in [0.4, 0.5) is 0 Å². The molecule has 0 radical (unpaired) electrons. The Balaban J connectivity index is 1.73. The summed E-state index contributed by atoms with van der Waals surface area (Å²) in [4.78, 5) is 19.7. The van der Waals surface area contributed by atoms with Gasteiger partial charge in [0.05, 0.1) is 11.3 Å². The molecule has 0 saturated carbocycles. The summed E-state index contributed by atoms with van der Waals surface area (Å²) in [5, 5.41) is 4.54. The van der Waals surface area contributed by atoms with E-state index in [1.54, 1.807) is 18.9 Å². The monoisotopic (exact) mass is 387 g/mol. The molecule has 5 nitrogen and oxygen atoms in total. The third kappa shape index (κ3) is 4.45. The minimum atomic E-state index is -0.0580. The Hall–Kier alpha value is -2.31. The molecule has 134 valence electrons. The number of aryl methyl sites for hydroxylation is 1. The second-order valence-electron chi connectivity index (χ2n) is 5.77. The Morgan fingerprint density at radius 3 is 2.65 bits per heavy atom. The first kappa shape index (κ1) is 18.5. The van der Waals surface area contributed by atoms with Gasteiger partial charge < -0.3 is 9.42 Å². The molecule has 0 bridgehead atoms. The Kier molecular flexibility index (Phi) is 5.96. The third-order valence-corrected chi connectivity index (χ3v) is 5.19. The molecule has 0 saturated heterocycles. The fraction of sp³-hybridized carbons (Fsp3) is 0.211. The van der Waals surface area contributed by atoms with Crippen LogP contribution in [0.15, 0.2) is 57.9 Å². The summed E-state index contributed by atoms with van der Waals surface area (Å²) < 4.78 is 4.98. The van der Waals surface area contributed by atoms with Gasteiger partial charge in [0.1, 0.15) is 0 Å². The Morgan fingerprint density at radius 2 is 1.92 bits per heavy atom. The standard InChI is InChI=1S/C19H18ClN3O2S/c1-13-21-18(22-25-13)12-26-17-10-6-4-8-15(17)19(24)23(2)11-14-7-3-5-9-16(14)20/h3-10H,11-12H2,1-2H3. The van der Waals surface area contributed by atoms with Gasteiger partial charge in [-0.05, 0) is 23.8 Å². The normalized spacial score (nSPS) is 10.7. The van der Waals surface area contributed by atoms with E-state index in [9.17, 15) is 4.79 Å². The molecule has 0 aliphatic rings. The minimum Gasteiger partial charge on any atom is -0.340 e. The van der Waals surface area contributed by atoms with Crippen molar-refractivity contribution in [2.75, 3.05) is 7.05 Å². The maximum Gasteiger partial charge on any atom is 0.255 e. The molecule has 0 unspecified atom stereocenters. The highest BCUT2D eigenvalue weighted by molar-refractivity contribution is 7.98. The summed E-state index contributed by atoms with van der Waals surface area (Å²) in [6, 6.07) is 15.1. The van der Waals surface area contributed by atoms with Gasteiger partial charge in [0.15, 0.2) is 5.82 Å². The van der Waals surface area contributed by atoms with E-state index in [0.29, 0.717) is 34.6 Å². The van der Waals surface area contributed by atoms with Gasteiger partial charge in [0.2, 0.25) is 5.89 Å². The summed E-state index contributed by atoms with van der Waals surface area (Å²) in [5.41, 5.74) is 1.56. The summed E-state index contributed by atoms with van der Waals surface area (Å²) >= 11 is 7.72. The van der Waals surface area contributed by atoms with Gasteiger partial charge in [-0.1, -0.05) is 47.1 Å². The molecule has 0 atom stereocenters. The number of thioether (sulfide) groups is 1. The zero-order chi connectivity index (χ0) is 18.5. The van der Waals surface area contributed by atoms with Crippen molar-refractivity contribution in [3.05, 3.63) is 76.4 Å². The first-order chi connectivity index (χ1) is 12.5. The van der Waals surface area contributed by atoms with Crippen LogP contribution in [0.1, 0.15) is 27.6 Å². The molecule has 0 fully saturated rings. The molecule has 7 heteroatoms. The van der Waals surface area contributed by atoms with Gasteiger partial charge in [-0.25, -0.2) is 0 Å². The summed E-state index contributed by atoms with van der Waals surface area (Å²) in [7, 11) is 1.77. The zero-order valence-corrected chi connectivity index (χ0v) is 16.0. The van der Waals surface area contributed by atoms with Gasteiger partial charge in [0, 0.05) is 30.4 Å². The maximum atomic E-state index is 12.9. The number of rotatable bonds is 6. The Bertz CT molecular complexity index is 913. The Labute approximate surface area is 161 Å². The van der Waals surface area contributed by atoms with Crippen LogP contribution in [0, 0.1) is 6.92 Å². The maximum absolute atomic E-state index is 12.9. The van der Waals surface area contributed by atoms with Crippen molar-refractivity contribution in [1.82, 2.24) is 15.0 Å². The zero-order valence-electron chi connectivity index (χ0n) is 14.5. The van der Waals surface area contributed by atoms with Crippen LogP contribution in [0.5, 0.6) is 0 Å². The average molecular weight is 388 g/mol. The first-order valence-corrected chi connectivity index (χ1v) is 9.41. The van der Waals surface area contributed by atoms with E-state index in [1.807, 2.05) is 48.5 Å². The molecule has 2 aromatic carbocycles. The number of hydrogen-bond acceptors (Lipinski definition) is 5. The van der Waals surface area contributed by atoms with E-state index in [0.717, 1.165) is 10.5 Å². The number of amides is 1. The van der Waals surface area contributed by atoms with E-state index in [-0.39, 0.29) is 5.91 Å². The quantitative estimate of drug-likeness (QED) is 0.578. The highest BCUT2D eigenvalue weighted by atomic mass is 35.5. The number of hydrogen-bond donors (Lipinski definition) is 0. The molecule has 3 rings (SSSR count). The van der Waals surface area contributed by atoms with Crippen LogP contribution >= 0.6 is 23.4 Å². The van der Waals surface area contributed by atoms with E-state index < -0.39 is 0 Å². The molecular formula is C19H18ClN3O2S. The van der Waals surface area contributed by atoms with Crippen LogP contribution in [-0.2, 0) is 12.3 Å². The van der Waals surface area contributed by atoms with Crippen LogP contribution in [0.25, 0.3) is 0 Å².